The number of aromatic hydroxyl groups is 1. The van der Waals surface area contributed by atoms with E-state index in [0.717, 1.165) is 0 Å². The number of phenolic OH excluding ortho intramolecular Hbond substituents is 1. The Balaban J connectivity index is 2.67. The van der Waals surface area contributed by atoms with Crippen molar-refractivity contribution in [2.75, 3.05) is 6.61 Å². The van der Waals surface area contributed by atoms with Gasteiger partial charge in [-0.25, -0.2) is 0 Å². The van der Waals surface area contributed by atoms with Gasteiger partial charge in [0.1, 0.15) is 0 Å². The van der Waals surface area contributed by atoms with Gasteiger partial charge in [-0.2, -0.15) is 0 Å². The average Bonchev–Trinajstić information content (AvgIpc) is 2.12. The summed E-state index contributed by atoms with van der Waals surface area (Å²) >= 11 is 5.80. The number of hydrogen-bond donors (Lipinski definition) is 1. The fraction of sp³-hybridized carbons (Fsp3) is 0.222. The number of fused-ring (bicyclic) bond motifs is 1. The Labute approximate surface area is 79.9 Å². The van der Waals surface area contributed by atoms with Crippen LogP contribution in [0.25, 0.3) is 0 Å². The van der Waals surface area contributed by atoms with E-state index in [2.05, 4.69) is 0 Å². The second-order valence-corrected chi connectivity index (χ2v) is 3.20. The summed E-state index contributed by atoms with van der Waals surface area (Å²) in [6, 6.07) is 2.90. The maximum atomic E-state index is 11.4. The highest BCUT2D eigenvalue weighted by Gasteiger charge is 2.24. The fourth-order valence-corrected chi connectivity index (χ4v) is 1.58. The van der Waals surface area contributed by atoms with E-state index in [0.29, 0.717) is 23.6 Å². The third-order valence-electron chi connectivity index (χ3n) is 1.94. The lowest BCUT2D eigenvalue weighted by Gasteiger charge is -2.17. The Morgan fingerprint density at radius 3 is 2.92 bits per heavy atom. The van der Waals surface area contributed by atoms with Crippen LogP contribution in [0.3, 0.4) is 0 Å². The fourth-order valence-electron chi connectivity index (χ4n) is 1.32. The second kappa shape index (κ2) is 2.92. The van der Waals surface area contributed by atoms with E-state index in [9.17, 15) is 9.90 Å². The van der Waals surface area contributed by atoms with Crippen LogP contribution >= 0.6 is 11.6 Å². The van der Waals surface area contributed by atoms with Crippen LogP contribution < -0.4 is 4.74 Å². The minimum Gasteiger partial charge on any atom is -0.504 e. The number of carbonyl (C=O) groups is 1. The van der Waals surface area contributed by atoms with Crippen molar-refractivity contribution in [3.63, 3.8) is 0 Å². The molecule has 0 atom stereocenters. The Morgan fingerprint density at radius 2 is 2.23 bits per heavy atom. The van der Waals surface area contributed by atoms with Crippen LogP contribution in [0.2, 0.25) is 5.02 Å². The number of ketones is 1. The maximum Gasteiger partial charge on any atom is 0.173 e. The third kappa shape index (κ3) is 1.25. The Kier molecular flexibility index (Phi) is 1.88. The summed E-state index contributed by atoms with van der Waals surface area (Å²) in [5.41, 5.74) is 0.299. The zero-order valence-electron chi connectivity index (χ0n) is 6.71. The number of hydrogen-bond acceptors (Lipinski definition) is 3. The highest BCUT2D eigenvalue weighted by atomic mass is 35.5. The molecule has 2 rings (SSSR count). The molecule has 3 nitrogen and oxygen atoms in total. The molecular formula is C9H7ClO3. The van der Waals surface area contributed by atoms with Gasteiger partial charge in [0, 0.05) is 6.42 Å². The Morgan fingerprint density at radius 1 is 1.46 bits per heavy atom. The lowest BCUT2D eigenvalue weighted by Crippen LogP contribution is -2.15. The van der Waals surface area contributed by atoms with Crippen molar-refractivity contribution in [2.45, 2.75) is 6.42 Å². The van der Waals surface area contributed by atoms with Crippen LogP contribution in [0.4, 0.5) is 0 Å². The third-order valence-corrected chi connectivity index (χ3v) is 2.26. The van der Waals surface area contributed by atoms with Gasteiger partial charge in [-0.1, -0.05) is 11.6 Å². The topological polar surface area (TPSA) is 46.5 Å². The lowest BCUT2D eigenvalue weighted by atomic mass is 10.0. The van der Waals surface area contributed by atoms with Gasteiger partial charge >= 0.3 is 0 Å². The first-order valence-electron chi connectivity index (χ1n) is 3.87. The van der Waals surface area contributed by atoms with Gasteiger partial charge in [0.2, 0.25) is 0 Å². The predicted octanol–water partition coefficient (Wildman–Crippen LogP) is 2.01. The molecule has 0 unspecified atom stereocenters. The molecule has 1 heterocycles. The van der Waals surface area contributed by atoms with Crippen LogP contribution in [0.15, 0.2) is 12.1 Å². The van der Waals surface area contributed by atoms with Crippen LogP contribution in [0, 0.1) is 0 Å². The Bertz CT molecular complexity index is 373. The highest BCUT2D eigenvalue weighted by molar-refractivity contribution is 6.34. The zero-order valence-corrected chi connectivity index (χ0v) is 7.47. The molecule has 1 aromatic rings. The maximum absolute atomic E-state index is 11.4. The van der Waals surface area contributed by atoms with E-state index in [1.54, 1.807) is 0 Å². The summed E-state index contributed by atoms with van der Waals surface area (Å²) in [7, 11) is 0. The monoisotopic (exact) mass is 198 g/mol. The normalized spacial score (nSPS) is 15.0. The van der Waals surface area contributed by atoms with Crippen LogP contribution in [-0.4, -0.2) is 17.5 Å². The van der Waals surface area contributed by atoms with Crippen molar-refractivity contribution < 1.29 is 14.6 Å². The smallest absolute Gasteiger partial charge is 0.173 e. The number of phenols is 1. The molecule has 0 aromatic heterocycles. The molecule has 0 radical (unpaired) electrons. The molecule has 0 amide bonds. The first kappa shape index (κ1) is 8.38. The molecule has 0 fully saturated rings. The van der Waals surface area contributed by atoms with Gasteiger partial charge in [-0.05, 0) is 12.1 Å². The molecule has 1 N–H and O–H groups in total. The lowest BCUT2D eigenvalue weighted by molar-refractivity contribution is 0.0930. The minimum absolute atomic E-state index is 0.0348. The van der Waals surface area contributed by atoms with E-state index in [4.69, 9.17) is 16.3 Å². The molecule has 0 saturated carbocycles. The molecule has 0 bridgehead atoms. The molecule has 68 valence electrons. The summed E-state index contributed by atoms with van der Waals surface area (Å²) in [6.45, 7) is 0.305. The van der Waals surface area contributed by atoms with E-state index >= 15 is 0 Å². The van der Waals surface area contributed by atoms with E-state index in [1.165, 1.54) is 12.1 Å². The van der Waals surface area contributed by atoms with Crippen LogP contribution in [-0.2, 0) is 0 Å². The molecule has 4 heteroatoms. The van der Waals surface area contributed by atoms with Crippen LogP contribution in [0.5, 0.6) is 11.5 Å². The number of rotatable bonds is 0. The van der Waals surface area contributed by atoms with E-state index in [-0.39, 0.29) is 17.3 Å². The SMILES string of the molecule is O=C1CCOc2c(O)ccc(Cl)c21. The molecule has 1 aliphatic heterocycles. The van der Waals surface area contributed by atoms with Crippen molar-refractivity contribution in [2.24, 2.45) is 0 Å². The molecule has 0 saturated heterocycles. The first-order chi connectivity index (χ1) is 6.20. The number of halogens is 1. The summed E-state index contributed by atoms with van der Waals surface area (Å²) < 4.78 is 5.15. The van der Waals surface area contributed by atoms with E-state index < -0.39 is 0 Å². The predicted molar refractivity (Wildman–Crippen MR) is 47.6 cm³/mol. The number of Topliss-reactive ketones (excluding diaryl/α,β-unsaturated/α-hetero) is 1. The minimum atomic E-state index is -0.0813. The van der Waals surface area contributed by atoms with Crippen molar-refractivity contribution in [1.82, 2.24) is 0 Å². The molecule has 0 spiro atoms. The van der Waals surface area contributed by atoms with Gasteiger partial charge in [-0.3, -0.25) is 4.79 Å². The van der Waals surface area contributed by atoms with Gasteiger partial charge in [0.25, 0.3) is 0 Å². The van der Waals surface area contributed by atoms with Crippen LogP contribution in [0.1, 0.15) is 16.8 Å². The van der Waals surface area contributed by atoms with Crippen molar-refractivity contribution in [1.29, 1.82) is 0 Å². The molecule has 1 aromatic carbocycles. The largest absolute Gasteiger partial charge is 0.504 e. The zero-order chi connectivity index (χ0) is 9.42. The standard InChI is InChI=1S/C9H7ClO3/c10-5-1-2-7(12)9-8(5)6(11)3-4-13-9/h1-2,12H,3-4H2. The van der Waals surface area contributed by atoms with Gasteiger partial charge in [-0.15, -0.1) is 0 Å². The van der Waals surface area contributed by atoms with Gasteiger partial charge < -0.3 is 9.84 Å². The first-order valence-corrected chi connectivity index (χ1v) is 4.25. The van der Waals surface area contributed by atoms with Gasteiger partial charge in [0.05, 0.1) is 17.2 Å². The molecule has 1 aliphatic rings. The summed E-state index contributed by atoms with van der Waals surface area (Å²) in [4.78, 5) is 11.4. The molecule has 13 heavy (non-hydrogen) atoms. The second-order valence-electron chi connectivity index (χ2n) is 2.79. The highest BCUT2D eigenvalue weighted by Crippen LogP contribution is 2.38. The Hall–Kier alpha value is -1.22. The quantitative estimate of drug-likeness (QED) is 0.694. The van der Waals surface area contributed by atoms with Gasteiger partial charge in [0.15, 0.2) is 17.3 Å². The number of ether oxygens (including phenoxy) is 1. The average molecular weight is 199 g/mol. The summed E-state index contributed by atoms with van der Waals surface area (Å²) in [5, 5.41) is 9.69. The van der Waals surface area contributed by atoms with Crippen molar-refractivity contribution >= 4 is 17.4 Å². The van der Waals surface area contributed by atoms with E-state index in [1.807, 2.05) is 0 Å². The van der Waals surface area contributed by atoms with Crippen molar-refractivity contribution in [3.05, 3.63) is 22.7 Å². The summed E-state index contributed by atoms with van der Waals surface area (Å²) in [5.74, 6) is 0.0957. The molecule has 0 aliphatic carbocycles. The number of carbonyl (C=O) groups excluding carboxylic acids is 1. The molecular weight excluding hydrogens is 192 g/mol. The summed E-state index contributed by atoms with van der Waals surface area (Å²) in [6.07, 6.45) is 0.316. The van der Waals surface area contributed by atoms with Crippen molar-refractivity contribution in [3.8, 4) is 11.5 Å². The number of benzene rings is 1.